The van der Waals surface area contributed by atoms with Crippen LogP contribution in [-0.2, 0) is 28.6 Å². The normalized spacial score (nSPS) is 36.6. The van der Waals surface area contributed by atoms with Crippen LogP contribution in [0.25, 0.3) is 0 Å². The number of hydrogen-bond donors (Lipinski definition) is 13. The van der Waals surface area contributed by atoms with Crippen LogP contribution in [0.3, 0.4) is 0 Å². The van der Waals surface area contributed by atoms with E-state index in [-0.39, 0.29) is 56.8 Å². The second-order valence-electron chi connectivity index (χ2n) is 21.6. The number of aliphatic imine (C=N–C) groups is 1. The number of aliphatic carboxylic acids is 1. The molecule has 2 rings (SSSR count). The summed E-state index contributed by atoms with van der Waals surface area (Å²) in [5.41, 5.74) is 6.16. The first-order chi connectivity index (χ1) is 35.7. The number of nitrogens with one attached hydrogen (secondary N) is 1. The molecule has 2 aliphatic rings. The first-order valence-corrected chi connectivity index (χ1v) is 27.1. The summed E-state index contributed by atoms with van der Waals surface area (Å²) >= 11 is 0. The van der Waals surface area contributed by atoms with Crippen molar-refractivity contribution in [1.82, 2.24) is 5.32 Å². The van der Waals surface area contributed by atoms with Crippen molar-refractivity contribution in [2.24, 2.45) is 46.2 Å². The van der Waals surface area contributed by atoms with E-state index in [1.807, 2.05) is 19.9 Å². The van der Waals surface area contributed by atoms with Crippen LogP contribution in [0.4, 0.5) is 0 Å². The van der Waals surface area contributed by atoms with Gasteiger partial charge >= 0.3 is 17.9 Å². The molecule has 2 heterocycles. The van der Waals surface area contributed by atoms with Gasteiger partial charge in [-0.2, -0.15) is 0 Å². The van der Waals surface area contributed by atoms with Crippen molar-refractivity contribution in [3.05, 3.63) is 60.3 Å². The fourth-order valence-corrected chi connectivity index (χ4v) is 9.58. The molecule has 0 aromatic rings. The van der Waals surface area contributed by atoms with Gasteiger partial charge in [-0.05, 0) is 75.7 Å². The number of unbranched alkanes of at least 4 members (excludes halogenated alkanes) is 2. The number of carboxylic acid groups (broad SMARTS) is 1. The van der Waals surface area contributed by atoms with E-state index in [0.717, 1.165) is 32.1 Å². The van der Waals surface area contributed by atoms with Crippen LogP contribution in [0, 0.1) is 35.5 Å². The van der Waals surface area contributed by atoms with Gasteiger partial charge in [0.2, 0.25) is 0 Å². The van der Waals surface area contributed by atoms with E-state index in [1.54, 1.807) is 66.0 Å². The molecule has 0 amide bonds. The Balaban J connectivity index is 2.44. The number of hydrogen-bond acceptors (Lipinski definition) is 17. The number of allylic oxidation sites excluding steroid dienone is 6. The molecule has 0 radical (unpaired) electrons. The number of carboxylic acids is 1. The van der Waals surface area contributed by atoms with Gasteiger partial charge in [0.05, 0.1) is 54.9 Å². The first-order valence-electron chi connectivity index (χ1n) is 27.1. The Labute approximate surface area is 450 Å². The minimum Gasteiger partial charge on any atom is -0.481 e. The van der Waals surface area contributed by atoms with Crippen LogP contribution < -0.4 is 11.1 Å². The van der Waals surface area contributed by atoms with Gasteiger partial charge < -0.3 is 81.4 Å². The highest BCUT2D eigenvalue weighted by atomic mass is 16.7. The summed E-state index contributed by atoms with van der Waals surface area (Å²) in [5, 5.41) is 124. The molecular weight excluding hydrogens is 987 g/mol. The summed E-state index contributed by atoms with van der Waals surface area (Å²) in [6.07, 6.45) is 2.26. The number of carbonyl (C=O) groups excluding carboxylic acids is 2. The summed E-state index contributed by atoms with van der Waals surface area (Å²) in [4.78, 5) is 41.2. The van der Waals surface area contributed by atoms with Crippen LogP contribution in [0.2, 0.25) is 0 Å². The van der Waals surface area contributed by atoms with E-state index in [2.05, 4.69) is 22.5 Å². The Hall–Kier alpha value is -4.06. The number of aliphatic hydroxyl groups excluding tert-OH is 9. The van der Waals surface area contributed by atoms with E-state index >= 15 is 0 Å². The quantitative estimate of drug-likeness (QED) is 0.0333. The standard InChI is InChI=1S/C56H95N3O17/c1-33-18-14-15-22-50(69)75-53(36(4)19-13-11-9-10-12-16-25-59-55(57)58-8)37(5)21-17-20-35(3)52(71)39(7)45(63)27-40(60)26-41(74-51(70)31-49(67)68)28-42-29-47(65)54(72)56(73,76-42)32-48(66)34(2)23-24-43(61)38(6)46(64)30-44(33)62/h9-10,14-15,17-18,20-22,33-34,36-48,52-54,60-66,71-73H,11-13,16,19,23-32H2,1-8H3,(H,67,68)(H3,57,58,59)/b10-9+,18-14?,21-17?,22-15?,35-20?. The van der Waals surface area contributed by atoms with Gasteiger partial charge in [-0.25, -0.2) is 4.79 Å². The van der Waals surface area contributed by atoms with Gasteiger partial charge in [-0.3, -0.25) is 14.6 Å². The van der Waals surface area contributed by atoms with Crippen LogP contribution in [0.15, 0.2) is 65.2 Å². The van der Waals surface area contributed by atoms with E-state index < -0.39 is 133 Å². The average Bonchev–Trinajstić information content (AvgIpc) is 3.35. The topological polar surface area (TPSA) is 352 Å². The van der Waals surface area contributed by atoms with Crippen molar-refractivity contribution < 1.29 is 84.8 Å². The number of rotatable bonds is 12. The molecule has 19 unspecified atom stereocenters. The van der Waals surface area contributed by atoms with Gasteiger partial charge in [0.1, 0.15) is 24.7 Å². The van der Waals surface area contributed by atoms with E-state index in [1.165, 1.54) is 12.2 Å². The Bertz CT molecular complexity index is 1910. The highest BCUT2D eigenvalue weighted by Gasteiger charge is 2.50. The zero-order valence-corrected chi connectivity index (χ0v) is 46.1. The number of nitrogens with zero attached hydrogens (tertiary/aromatic N) is 1. The summed E-state index contributed by atoms with van der Waals surface area (Å²) in [7, 11) is 1.62. The second kappa shape index (κ2) is 34.7. The number of esters is 2. The van der Waals surface area contributed by atoms with Crippen LogP contribution in [0.5, 0.6) is 0 Å². The molecule has 0 aliphatic carbocycles. The zero-order chi connectivity index (χ0) is 57.3. The average molecular weight is 1080 g/mol. The number of nitrogens with two attached hydrogens (primary N) is 1. The molecule has 0 aromatic heterocycles. The number of aliphatic hydroxyl groups is 10. The predicted molar refractivity (Wildman–Crippen MR) is 287 cm³/mol. The van der Waals surface area contributed by atoms with Crippen LogP contribution in [-0.4, -0.2) is 173 Å². The molecule has 0 aromatic carbocycles. The second-order valence-corrected chi connectivity index (χ2v) is 21.6. The molecule has 0 spiro atoms. The Morgan fingerprint density at radius 3 is 2.12 bits per heavy atom. The van der Waals surface area contributed by atoms with Crippen molar-refractivity contribution in [2.75, 3.05) is 13.6 Å². The minimum atomic E-state index is -2.53. The van der Waals surface area contributed by atoms with Crippen molar-refractivity contribution >= 4 is 23.9 Å². The first kappa shape index (κ1) is 68.0. The summed E-state index contributed by atoms with van der Waals surface area (Å²) < 4.78 is 17.4. The third kappa shape index (κ3) is 24.7. The van der Waals surface area contributed by atoms with Gasteiger partial charge in [0.15, 0.2) is 11.7 Å². The fraction of sp³-hybridized carbons (Fsp3) is 0.750. The molecule has 2 aliphatic heterocycles. The number of cyclic esters (lactones) is 1. The molecule has 1 saturated heterocycles. The third-order valence-corrected chi connectivity index (χ3v) is 15.0. The van der Waals surface area contributed by atoms with Crippen molar-refractivity contribution in [3.63, 3.8) is 0 Å². The van der Waals surface area contributed by atoms with E-state index in [9.17, 15) is 70.6 Å². The highest BCUT2D eigenvalue weighted by Crippen LogP contribution is 2.36. The third-order valence-electron chi connectivity index (χ3n) is 15.0. The molecule has 436 valence electrons. The van der Waals surface area contributed by atoms with Crippen molar-refractivity contribution in [2.45, 2.75) is 217 Å². The van der Waals surface area contributed by atoms with Crippen LogP contribution in [0.1, 0.15) is 138 Å². The number of ether oxygens (including phenoxy) is 3. The molecule has 20 nitrogen and oxygen atoms in total. The maximum absolute atomic E-state index is 13.3. The largest absolute Gasteiger partial charge is 0.481 e. The molecular formula is C56H95N3O17. The lowest BCUT2D eigenvalue weighted by molar-refractivity contribution is -0.333. The molecule has 76 heavy (non-hydrogen) atoms. The molecule has 20 heteroatoms. The maximum atomic E-state index is 13.3. The van der Waals surface area contributed by atoms with Gasteiger partial charge in [0, 0.05) is 75.4 Å². The lowest BCUT2D eigenvalue weighted by Gasteiger charge is -2.45. The smallest absolute Gasteiger partial charge is 0.331 e. The molecule has 19 atom stereocenters. The summed E-state index contributed by atoms with van der Waals surface area (Å²) in [6, 6.07) is 0. The van der Waals surface area contributed by atoms with Gasteiger partial charge in [-0.1, -0.05) is 90.2 Å². The SMILES string of the molecule is CN=C(N)NCCC/C=C/CCCC(C)C1OC(=O)C=CC=CC(C)C(O)CC(O)C(C)C(O)CCC(C)C(O)CC2(O)OC(CC(OC(=O)CC(=O)O)CC(O)CC(O)C(C)C(O)C(C)=CC=CC1C)CC(O)C2O. The highest BCUT2D eigenvalue weighted by molar-refractivity contribution is 5.90. The molecule has 2 bridgehead atoms. The number of fused-ring (bicyclic) bond motifs is 2. The number of carbonyl (C=O) groups is 3. The Morgan fingerprint density at radius 2 is 1.46 bits per heavy atom. The lowest BCUT2D eigenvalue weighted by Crippen LogP contribution is -2.60. The summed E-state index contributed by atoms with van der Waals surface area (Å²) in [5.74, 6) is -8.29. The van der Waals surface area contributed by atoms with Crippen molar-refractivity contribution in [3.8, 4) is 0 Å². The fourth-order valence-electron chi connectivity index (χ4n) is 9.58. The summed E-state index contributed by atoms with van der Waals surface area (Å²) in [6.45, 7) is 12.9. The zero-order valence-electron chi connectivity index (χ0n) is 46.1. The maximum Gasteiger partial charge on any atom is 0.331 e. The Morgan fingerprint density at radius 1 is 0.816 bits per heavy atom. The molecule has 14 N–H and O–H groups in total. The van der Waals surface area contributed by atoms with Crippen LogP contribution >= 0.6 is 0 Å². The van der Waals surface area contributed by atoms with Gasteiger partial charge in [-0.15, -0.1) is 0 Å². The molecule has 0 saturated carbocycles. The molecule has 1 fully saturated rings. The van der Waals surface area contributed by atoms with E-state index in [0.29, 0.717) is 18.1 Å². The Kier molecular flexibility index (Phi) is 31.1. The monoisotopic (exact) mass is 1080 g/mol. The number of guanidine groups is 1. The predicted octanol–water partition coefficient (Wildman–Crippen LogP) is 3.23. The van der Waals surface area contributed by atoms with E-state index in [4.69, 9.17) is 19.9 Å². The lowest BCUT2D eigenvalue weighted by atomic mass is 9.83. The van der Waals surface area contributed by atoms with Gasteiger partial charge in [0.25, 0.3) is 0 Å². The van der Waals surface area contributed by atoms with Crippen molar-refractivity contribution in [1.29, 1.82) is 0 Å². The minimum absolute atomic E-state index is 0.0637.